The first kappa shape index (κ1) is 11.1. The highest BCUT2D eigenvalue weighted by atomic mass is 32.1. The number of nitrogens with zero attached hydrogens (tertiary/aromatic N) is 1. The maximum atomic E-state index is 3.25. The number of thiophene rings is 1. The standard InChI is InChI=1S/C12H20N2S/c1-9(2)14-5-4-11-10(6-13-3)8-15-12(11)7-14/h8-9,13H,4-7H2,1-3H3. The Morgan fingerprint density at radius 1 is 1.53 bits per heavy atom. The van der Waals surface area contributed by atoms with E-state index in [0.29, 0.717) is 6.04 Å². The predicted molar refractivity (Wildman–Crippen MR) is 66.3 cm³/mol. The third-order valence-electron chi connectivity index (χ3n) is 3.16. The molecule has 0 aromatic carbocycles. The van der Waals surface area contributed by atoms with E-state index >= 15 is 0 Å². The second-order valence-electron chi connectivity index (χ2n) is 4.51. The van der Waals surface area contributed by atoms with Crippen molar-refractivity contribution < 1.29 is 0 Å². The molecule has 2 rings (SSSR count). The van der Waals surface area contributed by atoms with Crippen molar-refractivity contribution in [3.05, 3.63) is 21.4 Å². The largest absolute Gasteiger partial charge is 0.316 e. The molecule has 0 amide bonds. The summed E-state index contributed by atoms with van der Waals surface area (Å²) in [6.07, 6.45) is 1.23. The molecule has 0 fully saturated rings. The molecule has 84 valence electrons. The molecular formula is C12H20N2S. The lowest BCUT2D eigenvalue weighted by molar-refractivity contribution is 0.206. The summed E-state index contributed by atoms with van der Waals surface area (Å²) in [5, 5.41) is 5.57. The van der Waals surface area contributed by atoms with Gasteiger partial charge in [0.05, 0.1) is 0 Å². The van der Waals surface area contributed by atoms with Crippen LogP contribution in [0.1, 0.15) is 29.9 Å². The molecule has 0 bridgehead atoms. The van der Waals surface area contributed by atoms with Gasteiger partial charge in [0, 0.05) is 30.6 Å². The van der Waals surface area contributed by atoms with Crippen molar-refractivity contribution in [2.24, 2.45) is 0 Å². The summed E-state index contributed by atoms with van der Waals surface area (Å²) >= 11 is 1.93. The van der Waals surface area contributed by atoms with Gasteiger partial charge in [0.25, 0.3) is 0 Å². The van der Waals surface area contributed by atoms with Crippen molar-refractivity contribution in [2.45, 2.75) is 39.4 Å². The topological polar surface area (TPSA) is 15.3 Å². The molecule has 0 atom stereocenters. The van der Waals surface area contributed by atoms with Crippen LogP contribution in [0.15, 0.2) is 5.38 Å². The van der Waals surface area contributed by atoms with Crippen LogP contribution in [0.5, 0.6) is 0 Å². The van der Waals surface area contributed by atoms with Crippen LogP contribution in [0, 0.1) is 0 Å². The smallest absolute Gasteiger partial charge is 0.0333 e. The molecule has 1 N–H and O–H groups in total. The normalized spacial score (nSPS) is 17.1. The van der Waals surface area contributed by atoms with Crippen LogP contribution >= 0.6 is 11.3 Å². The Bertz CT molecular complexity index is 330. The van der Waals surface area contributed by atoms with E-state index in [1.807, 2.05) is 18.4 Å². The first-order valence-corrected chi connectivity index (χ1v) is 6.57. The average Bonchev–Trinajstić information content (AvgIpc) is 2.61. The van der Waals surface area contributed by atoms with Crippen molar-refractivity contribution in [3.63, 3.8) is 0 Å². The van der Waals surface area contributed by atoms with Crippen LogP contribution in [0.4, 0.5) is 0 Å². The van der Waals surface area contributed by atoms with E-state index in [1.54, 1.807) is 10.4 Å². The monoisotopic (exact) mass is 224 g/mol. The summed E-state index contributed by atoms with van der Waals surface area (Å²) < 4.78 is 0. The minimum Gasteiger partial charge on any atom is -0.316 e. The lowest BCUT2D eigenvalue weighted by Crippen LogP contribution is -2.35. The summed E-state index contributed by atoms with van der Waals surface area (Å²) in [5.74, 6) is 0. The Morgan fingerprint density at radius 3 is 3.00 bits per heavy atom. The Balaban J connectivity index is 2.15. The molecule has 0 unspecified atom stereocenters. The Hall–Kier alpha value is -0.380. The van der Waals surface area contributed by atoms with Gasteiger partial charge in [0.15, 0.2) is 0 Å². The number of rotatable bonds is 3. The lowest BCUT2D eigenvalue weighted by atomic mass is 10.0. The first-order chi connectivity index (χ1) is 7.22. The fourth-order valence-electron chi connectivity index (χ4n) is 2.19. The van der Waals surface area contributed by atoms with Gasteiger partial charge in [0.2, 0.25) is 0 Å². The van der Waals surface area contributed by atoms with Crippen LogP contribution in [0.25, 0.3) is 0 Å². The first-order valence-electron chi connectivity index (χ1n) is 5.69. The highest BCUT2D eigenvalue weighted by molar-refractivity contribution is 7.10. The van der Waals surface area contributed by atoms with Crippen LogP contribution in [0.2, 0.25) is 0 Å². The van der Waals surface area contributed by atoms with E-state index in [9.17, 15) is 0 Å². The highest BCUT2D eigenvalue weighted by Crippen LogP contribution is 2.29. The van der Waals surface area contributed by atoms with E-state index in [1.165, 1.54) is 18.5 Å². The lowest BCUT2D eigenvalue weighted by Gasteiger charge is -2.30. The summed E-state index contributed by atoms with van der Waals surface area (Å²) in [7, 11) is 2.02. The van der Waals surface area contributed by atoms with Crippen LogP contribution in [0.3, 0.4) is 0 Å². The Morgan fingerprint density at radius 2 is 2.33 bits per heavy atom. The molecular weight excluding hydrogens is 204 g/mol. The summed E-state index contributed by atoms with van der Waals surface area (Å²) in [4.78, 5) is 4.14. The minimum atomic E-state index is 0.674. The molecule has 0 aliphatic carbocycles. The second-order valence-corrected chi connectivity index (χ2v) is 5.47. The molecule has 0 spiro atoms. The SMILES string of the molecule is CNCc1csc2c1CCN(C(C)C)C2. The zero-order chi connectivity index (χ0) is 10.8. The van der Waals surface area contributed by atoms with Crippen molar-refractivity contribution in [1.82, 2.24) is 10.2 Å². The summed E-state index contributed by atoms with van der Waals surface area (Å²) in [6, 6.07) is 0.674. The van der Waals surface area contributed by atoms with Crippen LogP contribution in [-0.2, 0) is 19.5 Å². The third-order valence-corrected chi connectivity index (χ3v) is 4.22. The fraction of sp³-hybridized carbons (Fsp3) is 0.667. The molecule has 1 aromatic rings. The van der Waals surface area contributed by atoms with Gasteiger partial charge < -0.3 is 5.32 Å². The van der Waals surface area contributed by atoms with Crippen LogP contribution in [-0.4, -0.2) is 24.5 Å². The van der Waals surface area contributed by atoms with E-state index in [0.717, 1.165) is 13.1 Å². The number of nitrogens with one attached hydrogen (secondary N) is 1. The fourth-order valence-corrected chi connectivity index (χ4v) is 3.32. The van der Waals surface area contributed by atoms with Gasteiger partial charge in [-0.05, 0) is 43.8 Å². The van der Waals surface area contributed by atoms with Gasteiger partial charge in [-0.15, -0.1) is 11.3 Å². The molecule has 2 heterocycles. The predicted octanol–water partition coefficient (Wildman–Crippen LogP) is 2.23. The zero-order valence-electron chi connectivity index (χ0n) is 9.84. The molecule has 0 saturated heterocycles. The van der Waals surface area contributed by atoms with E-state index < -0.39 is 0 Å². The molecule has 1 aromatic heterocycles. The van der Waals surface area contributed by atoms with Crippen molar-refractivity contribution in [3.8, 4) is 0 Å². The van der Waals surface area contributed by atoms with Gasteiger partial charge in [-0.25, -0.2) is 0 Å². The van der Waals surface area contributed by atoms with Gasteiger partial charge in [-0.2, -0.15) is 0 Å². The van der Waals surface area contributed by atoms with E-state index in [-0.39, 0.29) is 0 Å². The maximum absolute atomic E-state index is 3.25. The second kappa shape index (κ2) is 4.64. The quantitative estimate of drug-likeness (QED) is 0.847. The molecule has 2 nitrogen and oxygen atoms in total. The van der Waals surface area contributed by atoms with Crippen molar-refractivity contribution in [2.75, 3.05) is 13.6 Å². The van der Waals surface area contributed by atoms with E-state index in [2.05, 4.69) is 29.4 Å². The zero-order valence-corrected chi connectivity index (χ0v) is 10.7. The molecule has 1 aliphatic rings. The van der Waals surface area contributed by atoms with Gasteiger partial charge in [0.1, 0.15) is 0 Å². The third kappa shape index (κ3) is 2.25. The minimum absolute atomic E-state index is 0.674. The molecule has 1 aliphatic heterocycles. The van der Waals surface area contributed by atoms with Gasteiger partial charge in [-0.3, -0.25) is 4.90 Å². The maximum Gasteiger partial charge on any atom is 0.0333 e. The van der Waals surface area contributed by atoms with Crippen LogP contribution < -0.4 is 5.32 Å². The molecule has 0 radical (unpaired) electrons. The van der Waals surface area contributed by atoms with Crippen molar-refractivity contribution >= 4 is 11.3 Å². The molecule has 3 heteroatoms. The Labute approximate surface area is 96.3 Å². The summed E-state index contributed by atoms with van der Waals surface area (Å²) in [5.41, 5.74) is 3.13. The molecule has 0 saturated carbocycles. The van der Waals surface area contributed by atoms with E-state index in [4.69, 9.17) is 0 Å². The number of fused-ring (bicyclic) bond motifs is 1. The van der Waals surface area contributed by atoms with Crippen molar-refractivity contribution in [1.29, 1.82) is 0 Å². The summed E-state index contributed by atoms with van der Waals surface area (Å²) in [6.45, 7) is 7.97. The van der Waals surface area contributed by atoms with Gasteiger partial charge >= 0.3 is 0 Å². The number of hydrogen-bond acceptors (Lipinski definition) is 3. The molecule has 15 heavy (non-hydrogen) atoms. The highest BCUT2D eigenvalue weighted by Gasteiger charge is 2.21. The Kier molecular flexibility index (Phi) is 3.44. The average molecular weight is 224 g/mol. The number of hydrogen-bond donors (Lipinski definition) is 1. The van der Waals surface area contributed by atoms with Gasteiger partial charge in [-0.1, -0.05) is 0 Å².